The van der Waals surface area contributed by atoms with Crippen molar-refractivity contribution in [3.8, 4) is 11.1 Å². The summed E-state index contributed by atoms with van der Waals surface area (Å²) in [6.07, 6.45) is 0. The molecule has 154 valence electrons. The largest absolute Gasteiger partial charge is 0.378 e. The van der Waals surface area contributed by atoms with Crippen molar-refractivity contribution in [2.24, 2.45) is 0 Å². The number of hydrogen-bond acceptors (Lipinski definition) is 4. The summed E-state index contributed by atoms with van der Waals surface area (Å²) >= 11 is 1.57. The molecule has 1 N–H and O–H groups in total. The Morgan fingerprint density at radius 1 is 0.900 bits per heavy atom. The molecule has 4 rings (SSSR count). The maximum atomic E-state index is 12.6. The van der Waals surface area contributed by atoms with Gasteiger partial charge in [-0.25, -0.2) is 0 Å². The summed E-state index contributed by atoms with van der Waals surface area (Å²) in [6, 6.07) is 26.7. The number of nitrogens with zero attached hydrogens (tertiary/aromatic N) is 1. The van der Waals surface area contributed by atoms with Gasteiger partial charge in [0.2, 0.25) is 5.91 Å². The maximum absolute atomic E-state index is 12.6. The highest BCUT2D eigenvalue weighted by molar-refractivity contribution is 8.00. The average Bonchev–Trinajstić information content (AvgIpc) is 2.81. The smallest absolute Gasteiger partial charge is 0.237 e. The van der Waals surface area contributed by atoms with E-state index in [1.807, 2.05) is 37.3 Å². The summed E-state index contributed by atoms with van der Waals surface area (Å²) in [6.45, 7) is 5.27. The molecule has 1 amide bonds. The quantitative estimate of drug-likeness (QED) is 0.551. The second-order valence-corrected chi connectivity index (χ2v) is 8.70. The van der Waals surface area contributed by atoms with Gasteiger partial charge in [-0.3, -0.25) is 4.79 Å². The molecule has 0 saturated carbocycles. The fourth-order valence-corrected chi connectivity index (χ4v) is 4.30. The lowest BCUT2D eigenvalue weighted by atomic mass is 10.1. The van der Waals surface area contributed by atoms with Crippen LogP contribution < -0.4 is 10.2 Å². The number of thioether (sulfide) groups is 1. The van der Waals surface area contributed by atoms with Gasteiger partial charge in [0, 0.05) is 29.4 Å². The highest BCUT2D eigenvalue weighted by Crippen LogP contribution is 2.28. The minimum Gasteiger partial charge on any atom is -0.378 e. The SMILES string of the molecule is CC(Sc1ccc(-c2ccccc2)cc1)C(=O)Nc1ccc(N2CCOCC2)cc1. The molecule has 1 unspecified atom stereocenters. The molecule has 1 heterocycles. The number of ether oxygens (including phenoxy) is 1. The molecular weight excluding hydrogens is 392 g/mol. The molecule has 3 aromatic rings. The number of rotatable bonds is 6. The third-order valence-corrected chi connectivity index (χ3v) is 6.27. The van der Waals surface area contributed by atoms with Gasteiger partial charge in [0.25, 0.3) is 0 Å². The summed E-state index contributed by atoms with van der Waals surface area (Å²) in [7, 11) is 0. The molecule has 1 atom stereocenters. The van der Waals surface area contributed by atoms with E-state index < -0.39 is 0 Å². The van der Waals surface area contributed by atoms with Crippen molar-refractivity contribution >= 4 is 29.0 Å². The second kappa shape index (κ2) is 9.83. The minimum atomic E-state index is -0.188. The van der Waals surface area contributed by atoms with Crippen LogP contribution in [0.15, 0.2) is 83.8 Å². The van der Waals surface area contributed by atoms with Crippen molar-refractivity contribution in [2.45, 2.75) is 17.1 Å². The molecule has 1 saturated heterocycles. The number of carbonyl (C=O) groups is 1. The Balaban J connectivity index is 1.32. The molecule has 1 aliphatic heterocycles. The van der Waals surface area contributed by atoms with Crippen LogP contribution in [-0.4, -0.2) is 37.5 Å². The Labute approximate surface area is 182 Å². The van der Waals surface area contributed by atoms with Gasteiger partial charge in [0.15, 0.2) is 0 Å². The third-order valence-electron chi connectivity index (χ3n) is 5.15. The molecule has 4 nitrogen and oxygen atoms in total. The predicted octanol–water partition coefficient (Wildman–Crippen LogP) is 5.31. The number of benzene rings is 3. The van der Waals surface area contributed by atoms with E-state index in [0.717, 1.165) is 42.6 Å². The van der Waals surface area contributed by atoms with E-state index in [0.29, 0.717) is 0 Å². The molecule has 3 aromatic carbocycles. The standard InChI is InChI=1S/C25H26N2O2S/c1-19(30-24-13-7-21(8-14-24)20-5-3-2-4-6-20)25(28)26-22-9-11-23(12-10-22)27-15-17-29-18-16-27/h2-14,19H,15-18H2,1H3,(H,26,28). The Morgan fingerprint density at radius 2 is 1.53 bits per heavy atom. The average molecular weight is 419 g/mol. The molecule has 0 aliphatic carbocycles. The Kier molecular flexibility index (Phi) is 6.72. The van der Waals surface area contributed by atoms with Crippen molar-refractivity contribution in [1.29, 1.82) is 0 Å². The second-order valence-electron chi connectivity index (χ2n) is 7.29. The van der Waals surface area contributed by atoms with Crippen LogP contribution in [0.1, 0.15) is 6.92 Å². The van der Waals surface area contributed by atoms with Gasteiger partial charge >= 0.3 is 0 Å². The van der Waals surface area contributed by atoms with Crippen molar-refractivity contribution < 1.29 is 9.53 Å². The molecule has 0 radical (unpaired) electrons. The van der Waals surface area contributed by atoms with E-state index in [9.17, 15) is 4.79 Å². The van der Waals surface area contributed by atoms with Crippen molar-refractivity contribution in [3.05, 3.63) is 78.9 Å². The lowest BCUT2D eigenvalue weighted by Gasteiger charge is -2.28. The molecule has 0 bridgehead atoms. The van der Waals surface area contributed by atoms with Crippen LogP contribution in [0, 0.1) is 0 Å². The number of morpholine rings is 1. The number of hydrogen-bond donors (Lipinski definition) is 1. The van der Waals surface area contributed by atoms with Crippen molar-refractivity contribution in [2.75, 3.05) is 36.5 Å². The third kappa shape index (κ3) is 5.23. The summed E-state index contributed by atoms with van der Waals surface area (Å²) in [5, 5.41) is 2.84. The zero-order valence-electron chi connectivity index (χ0n) is 17.1. The van der Waals surface area contributed by atoms with Gasteiger partial charge in [-0.2, -0.15) is 0 Å². The van der Waals surface area contributed by atoms with Crippen LogP contribution in [0.2, 0.25) is 0 Å². The van der Waals surface area contributed by atoms with Crippen LogP contribution >= 0.6 is 11.8 Å². The molecule has 1 fully saturated rings. The van der Waals surface area contributed by atoms with Gasteiger partial charge in [-0.1, -0.05) is 42.5 Å². The normalized spacial score (nSPS) is 14.9. The minimum absolute atomic E-state index is 0.00579. The Morgan fingerprint density at radius 3 is 2.20 bits per heavy atom. The zero-order valence-corrected chi connectivity index (χ0v) is 17.9. The molecule has 0 aromatic heterocycles. The van der Waals surface area contributed by atoms with Crippen LogP contribution in [0.4, 0.5) is 11.4 Å². The van der Waals surface area contributed by atoms with Crippen LogP contribution in [0.3, 0.4) is 0 Å². The topological polar surface area (TPSA) is 41.6 Å². The zero-order chi connectivity index (χ0) is 20.8. The summed E-state index contributed by atoms with van der Waals surface area (Å²) in [4.78, 5) is 16.0. The highest BCUT2D eigenvalue weighted by atomic mass is 32.2. The van der Waals surface area contributed by atoms with E-state index in [2.05, 4.69) is 58.7 Å². The number of nitrogens with one attached hydrogen (secondary N) is 1. The summed E-state index contributed by atoms with van der Waals surface area (Å²) < 4.78 is 5.40. The molecule has 30 heavy (non-hydrogen) atoms. The summed E-state index contributed by atoms with van der Waals surface area (Å²) in [5.74, 6) is 0.00579. The predicted molar refractivity (Wildman–Crippen MR) is 125 cm³/mol. The Hall–Kier alpha value is -2.76. The van der Waals surface area contributed by atoms with Crippen LogP contribution in [0.25, 0.3) is 11.1 Å². The van der Waals surface area contributed by atoms with Crippen LogP contribution in [-0.2, 0) is 9.53 Å². The first-order valence-corrected chi connectivity index (χ1v) is 11.1. The number of carbonyl (C=O) groups excluding carboxylic acids is 1. The summed E-state index contributed by atoms with van der Waals surface area (Å²) in [5.41, 5.74) is 4.36. The van der Waals surface area contributed by atoms with Crippen molar-refractivity contribution in [3.63, 3.8) is 0 Å². The number of anilines is 2. The fourth-order valence-electron chi connectivity index (χ4n) is 3.44. The molecular formula is C25H26N2O2S. The van der Waals surface area contributed by atoms with E-state index in [-0.39, 0.29) is 11.2 Å². The fraction of sp³-hybridized carbons (Fsp3) is 0.240. The van der Waals surface area contributed by atoms with Gasteiger partial charge in [0.1, 0.15) is 0 Å². The van der Waals surface area contributed by atoms with E-state index in [4.69, 9.17) is 4.74 Å². The van der Waals surface area contributed by atoms with Crippen LogP contribution in [0.5, 0.6) is 0 Å². The van der Waals surface area contributed by atoms with Gasteiger partial charge in [0.05, 0.1) is 18.5 Å². The highest BCUT2D eigenvalue weighted by Gasteiger charge is 2.15. The van der Waals surface area contributed by atoms with Gasteiger partial charge in [-0.05, 0) is 54.4 Å². The van der Waals surface area contributed by atoms with E-state index in [1.165, 1.54) is 11.1 Å². The molecule has 5 heteroatoms. The van der Waals surface area contributed by atoms with Gasteiger partial charge in [-0.15, -0.1) is 11.8 Å². The number of amides is 1. The first kappa shape index (κ1) is 20.5. The monoisotopic (exact) mass is 418 g/mol. The maximum Gasteiger partial charge on any atom is 0.237 e. The van der Waals surface area contributed by atoms with Gasteiger partial charge < -0.3 is 15.0 Å². The molecule has 1 aliphatic rings. The first-order valence-electron chi connectivity index (χ1n) is 10.2. The van der Waals surface area contributed by atoms with E-state index in [1.54, 1.807) is 11.8 Å². The lowest BCUT2D eigenvalue weighted by Crippen LogP contribution is -2.36. The molecule has 0 spiro atoms. The lowest BCUT2D eigenvalue weighted by molar-refractivity contribution is -0.115. The van der Waals surface area contributed by atoms with E-state index >= 15 is 0 Å². The van der Waals surface area contributed by atoms with Crippen molar-refractivity contribution in [1.82, 2.24) is 0 Å². The first-order chi connectivity index (χ1) is 14.7. The Bertz CT molecular complexity index is 953.